The van der Waals surface area contributed by atoms with Gasteiger partial charge in [-0.05, 0) is 25.0 Å². The maximum Gasteiger partial charge on any atom is 0.237 e. The summed E-state index contributed by atoms with van der Waals surface area (Å²) in [6.45, 7) is 0. The molecule has 1 saturated heterocycles. The first-order valence-corrected chi connectivity index (χ1v) is 8.11. The molecule has 0 N–H and O–H groups in total. The van der Waals surface area contributed by atoms with Crippen LogP contribution in [-0.4, -0.2) is 11.8 Å². The van der Waals surface area contributed by atoms with E-state index in [1.165, 1.54) is 4.90 Å². The summed E-state index contributed by atoms with van der Waals surface area (Å²) in [6.07, 6.45) is 3.74. The first kappa shape index (κ1) is 13.8. The molecule has 1 aliphatic carbocycles. The van der Waals surface area contributed by atoms with Crippen LogP contribution in [0.3, 0.4) is 0 Å². The van der Waals surface area contributed by atoms with Crippen LogP contribution in [0, 0.1) is 11.8 Å². The molecule has 2 amide bonds. The number of hydrogen-bond acceptors (Lipinski definition) is 2. The van der Waals surface area contributed by atoms with Gasteiger partial charge in [0.1, 0.15) is 0 Å². The molecule has 2 atom stereocenters. The predicted molar refractivity (Wildman–Crippen MR) is 86.9 cm³/mol. The van der Waals surface area contributed by atoms with Crippen molar-refractivity contribution in [2.75, 3.05) is 4.90 Å². The Hall–Kier alpha value is -1.87. The molecule has 0 spiro atoms. The standard InChI is InChI=1S/C18H16ClNO2/c19-15-9-10-16(12-6-2-1-5-11(12)15)20-17(21)13-7-3-4-8-14(13)18(20)22/h1-2,5-6,9-10,13-14H,3-4,7-8H2. The summed E-state index contributed by atoms with van der Waals surface area (Å²) in [6, 6.07) is 11.2. The highest BCUT2D eigenvalue weighted by atomic mass is 35.5. The lowest BCUT2D eigenvalue weighted by Crippen LogP contribution is -2.31. The molecule has 0 aromatic heterocycles. The molecular weight excluding hydrogens is 298 g/mol. The van der Waals surface area contributed by atoms with Crippen molar-refractivity contribution in [3.05, 3.63) is 41.4 Å². The molecule has 2 aromatic rings. The van der Waals surface area contributed by atoms with Crippen LogP contribution in [0.4, 0.5) is 5.69 Å². The minimum Gasteiger partial charge on any atom is -0.274 e. The van der Waals surface area contributed by atoms with Crippen LogP contribution in [0.25, 0.3) is 10.8 Å². The van der Waals surface area contributed by atoms with E-state index < -0.39 is 0 Å². The van der Waals surface area contributed by atoms with E-state index in [9.17, 15) is 9.59 Å². The summed E-state index contributed by atoms with van der Waals surface area (Å²) in [5, 5.41) is 2.36. The Morgan fingerprint density at radius 1 is 0.864 bits per heavy atom. The number of carbonyl (C=O) groups is 2. The molecule has 1 saturated carbocycles. The average molecular weight is 314 g/mol. The predicted octanol–water partition coefficient (Wildman–Crippen LogP) is 4.17. The molecule has 2 unspecified atom stereocenters. The number of fused-ring (bicyclic) bond motifs is 2. The summed E-state index contributed by atoms with van der Waals surface area (Å²) in [4.78, 5) is 26.9. The number of benzene rings is 2. The lowest BCUT2D eigenvalue weighted by atomic mass is 9.81. The third-order valence-electron chi connectivity index (χ3n) is 4.93. The Labute approximate surface area is 133 Å². The van der Waals surface area contributed by atoms with Crippen molar-refractivity contribution in [2.24, 2.45) is 11.8 Å². The van der Waals surface area contributed by atoms with Gasteiger partial charge in [0.25, 0.3) is 0 Å². The highest BCUT2D eigenvalue weighted by Gasteiger charge is 2.49. The molecule has 3 nitrogen and oxygen atoms in total. The monoisotopic (exact) mass is 313 g/mol. The number of nitrogens with zero attached hydrogens (tertiary/aromatic N) is 1. The minimum absolute atomic E-state index is 0.0397. The van der Waals surface area contributed by atoms with E-state index in [-0.39, 0.29) is 23.7 Å². The summed E-state index contributed by atoms with van der Waals surface area (Å²) < 4.78 is 0. The van der Waals surface area contributed by atoms with Gasteiger partial charge in [-0.15, -0.1) is 0 Å². The highest BCUT2D eigenvalue weighted by molar-refractivity contribution is 6.36. The van der Waals surface area contributed by atoms with E-state index in [0.29, 0.717) is 10.7 Å². The topological polar surface area (TPSA) is 37.4 Å². The molecule has 2 fully saturated rings. The summed E-state index contributed by atoms with van der Waals surface area (Å²) in [5.41, 5.74) is 0.671. The van der Waals surface area contributed by atoms with Gasteiger partial charge in [0, 0.05) is 15.8 Å². The average Bonchev–Trinajstić information content (AvgIpc) is 2.81. The van der Waals surface area contributed by atoms with Gasteiger partial charge in [-0.2, -0.15) is 0 Å². The molecule has 4 heteroatoms. The summed E-state index contributed by atoms with van der Waals surface area (Å²) >= 11 is 6.24. The largest absolute Gasteiger partial charge is 0.274 e. The van der Waals surface area contributed by atoms with Crippen molar-refractivity contribution < 1.29 is 9.59 Å². The van der Waals surface area contributed by atoms with Gasteiger partial charge >= 0.3 is 0 Å². The van der Waals surface area contributed by atoms with E-state index in [1.54, 1.807) is 12.1 Å². The number of imide groups is 1. The van der Waals surface area contributed by atoms with Gasteiger partial charge in [-0.1, -0.05) is 48.7 Å². The van der Waals surface area contributed by atoms with Crippen LogP contribution >= 0.6 is 11.6 Å². The third kappa shape index (κ3) is 1.88. The zero-order valence-electron chi connectivity index (χ0n) is 12.1. The van der Waals surface area contributed by atoms with Crippen molar-refractivity contribution >= 4 is 39.9 Å². The molecule has 22 heavy (non-hydrogen) atoms. The van der Waals surface area contributed by atoms with E-state index in [2.05, 4.69) is 0 Å². The Bertz CT molecular complexity index is 762. The SMILES string of the molecule is O=C1C2CCCCC2C(=O)N1c1ccc(Cl)c2ccccc12. The fourth-order valence-corrected chi connectivity index (χ4v) is 4.07. The van der Waals surface area contributed by atoms with Crippen LogP contribution in [0.15, 0.2) is 36.4 Å². The maximum atomic E-state index is 12.8. The van der Waals surface area contributed by atoms with Crippen molar-refractivity contribution in [2.45, 2.75) is 25.7 Å². The van der Waals surface area contributed by atoms with E-state index in [4.69, 9.17) is 11.6 Å². The zero-order chi connectivity index (χ0) is 15.3. The zero-order valence-corrected chi connectivity index (χ0v) is 12.8. The molecule has 1 aliphatic heterocycles. The highest BCUT2D eigenvalue weighted by Crippen LogP contribution is 2.42. The second-order valence-electron chi connectivity index (χ2n) is 6.12. The number of carbonyl (C=O) groups excluding carboxylic acids is 2. The van der Waals surface area contributed by atoms with Gasteiger partial charge < -0.3 is 0 Å². The Kier molecular flexibility index (Phi) is 3.19. The number of amides is 2. The number of hydrogen-bond donors (Lipinski definition) is 0. The van der Waals surface area contributed by atoms with Crippen molar-refractivity contribution in [3.63, 3.8) is 0 Å². The lowest BCUT2D eigenvalue weighted by molar-refractivity contribution is -0.122. The van der Waals surface area contributed by atoms with E-state index in [0.717, 1.165) is 36.5 Å². The van der Waals surface area contributed by atoms with E-state index >= 15 is 0 Å². The minimum atomic E-state index is -0.129. The molecule has 0 bridgehead atoms. The van der Waals surface area contributed by atoms with Gasteiger partial charge in [0.05, 0.1) is 17.5 Å². The molecule has 1 heterocycles. The van der Waals surface area contributed by atoms with Crippen LogP contribution in [0.1, 0.15) is 25.7 Å². The normalized spacial score (nSPS) is 24.9. The maximum absolute atomic E-state index is 12.8. The molecule has 112 valence electrons. The Balaban J connectivity index is 1.87. The first-order chi connectivity index (χ1) is 10.7. The van der Waals surface area contributed by atoms with Gasteiger partial charge in [-0.3, -0.25) is 9.59 Å². The Morgan fingerprint density at radius 3 is 2.09 bits per heavy atom. The number of anilines is 1. The van der Waals surface area contributed by atoms with Crippen LogP contribution in [0.5, 0.6) is 0 Å². The molecule has 2 aliphatic rings. The van der Waals surface area contributed by atoms with Crippen molar-refractivity contribution in [3.8, 4) is 0 Å². The summed E-state index contributed by atoms with van der Waals surface area (Å²) in [5.74, 6) is -0.337. The van der Waals surface area contributed by atoms with Crippen molar-refractivity contribution in [1.29, 1.82) is 0 Å². The van der Waals surface area contributed by atoms with Crippen LogP contribution in [-0.2, 0) is 9.59 Å². The fourth-order valence-electron chi connectivity index (χ4n) is 3.84. The summed E-state index contributed by atoms with van der Waals surface area (Å²) in [7, 11) is 0. The second-order valence-corrected chi connectivity index (χ2v) is 6.53. The lowest BCUT2D eigenvalue weighted by Gasteiger charge is -2.19. The third-order valence-corrected chi connectivity index (χ3v) is 5.26. The second kappa shape index (κ2) is 5.10. The van der Waals surface area contributed by atoms with Gasteiger partial charge in [0.2, 0.25) is 11.8 Å². The quantitative estimate of drug-likeness (QED) is 0.741. The number of rotatable bonds is 1. The van der Waals surface area contributed by atoms with Crippen LogP contribution < -0.4 is 4.90 Å². The smallest absolute Gasteiger partial charge is 0.237 e. The van der Waals surface area contributed by atoms with Gasteiger partial charge in [0.15, 0.2) is 0 Å². The molecular formula is C18H16ClNO2. The van der Waals surface area contributed by atoms with Crippen molar-refractivity contribution in [1.82, 2.24) is 0 Å². The van der Waals surface area contributed by atoms with Crippen LogP contribution in [0.2, 0.25) is 5.02 Å². The molecule has 4 rings (SSSR count). The number of halogens is 1. The Morgan fingerprint density at radius 2 is 1.45 bits per heavy atom. The first-order valence-electron chi connectivity index (χ1n) is 7.73. The molecule has 2 aromatic carbocycles. The van der Waals surface area contributed by atoms with E-state index in [1.807, 2.05) is 24.3 Å². The molecule has 0 radical (unpaired) electrons. The van der Waals surface area contributed by atoms with Gasteiger partial charge in [-0.25, -0.2) is 4.90 Å². The fraction of sp³-hybridized carbons (Fsp3) is 0.333.